The molecule has 0 fully saturated rings. The molecule has 0 aliphatic rings. The molecule has 0 unspecified atom stereocenters. The Labute approximate surface area is 112 Å². The van der Waals surface area contributed by atoms with Crippen LogP contribution in [0.5, 0.6) is 0 Å². The first-order valence-corrected chi connectivity index (χ1v) is 7.09. The second kappa shape index (κ2) is 6.37. The Kier molecular flexibility index (Phi) is 5.39. The summed E-state index contributed by atoms with van der Waals surface area (Å²) < 4.78 is 2.04. The van der Waals surface area contributed by atoms with Crippen molar-refractivity contribution in [1.82, 2.24) is 15.1 Å². The van der Waals surface area contributed by atoms with Gasteiger partial charge in [-0.25, -0.2) is 0 Å². The second-order valence-electron chi connectivity index (χ2n) is 6.30. The van der Waals surface area contributed by atoms with Crippen molar-refractivity contribution in [3.63, 3.8) is 0 Å². The Hall–Kier alpha value is -0.830. The van der Waals surface area contributed by atoms with E-state index in [-0.39, 0.29) is 0 Å². The molecule has 0 spiro atoms. The monoisotopic (exact) mass is 251 g/mol. The lowest BCUT2D eigenvalue weighted by molar-refractivity contribution is 0.313. The van der Waals surface area contributed by atoms with Gasteiger partial charge in [-0.2, -0.15) is 5.10 Å². The van der Waals surface area contributed by atoms with Gasteiger partial charge in [0, 0.05) is 18.8 Å². The molecular formula is C15H29N3. The first-order chi connectivity index (χ1) is 8.34. The van der Waals surface area contributed by atoms with Gasteiger partial charge in [0.25, 0.3) is 0 Å². The molecule has 1 rings (SSSR count). The highest BCUT2D eigenvalue weighted by molar-refractivity contribution is 5.11. The van der Waals surface area contributed by atoms with Crippen LogP contribution in [0.2, 0.25) is 0 Å². The molecule has 0 aliphatic carbocycles. The molecule has 1 heterocycles. The summed E-state index contributed by atoms with van der Waals surface area (Å²) >= 11 is 0. The average Bonchev–Trinajstić information content (AvgIpc) is 2.58. The van der Waals surface area contributed by atoms with Crippen LogP contribution in [-0.2, 0) is 19.9 Å². The molecule has 0 aromatic carbocycles. The lowest BCUT2D eigenvalue weighted by atomic mass is 9.84. The number of nitrogens with one attached hydrogen (secondary N) is 1. The Bertz CT molecular complexity index is 364. The molecule has 0 amide bonds. The smallest absolute Gasteiger partial charge is 0.0624 e. The van der Waals surface area contributed by atoms with Gasteiger partial charge < -0.3 is 5.32 Å². The number of nitrogens with zero attached hydrogens (tertiary/aromatic N) is 2. The zero-order valence-corrected chi connectivity index (χ0v) is 12.9. The summed E-state index contributed by atoms with van der Waals surface area (Å²) in [5.41, 5.74) is 2.87. The summed E-state index contributed by atoms with van der Waals surface area (Å²) in [6, 6.07) is 2.82. The first kappa shape index (κ1) is 15.2. The van der Waals surface area contributed by atoms with E-state index in [1.807, 2.05) is 4.68 Å². The molecule has 1 aromatic heterocycles. The predicted molar refractivity (Wildman–Crippen MR) is 77.8 cm³/mol. The summed E-state index contributed by atoms with van der Waals surface area (Å²) in [5.74, 6) is 0. The minimum atomic E-state index is 0.320. The van der Waals surface area contributed by atoms with Crippen LogP contribution in [0.15, 0.2) is 6.07 Å². The fourth-order valence-corrected chi connectivity index (χ4v) is 2.19. The lowest BCUT2D eigenvalue weighted by Gasteiger charge is -2.25. The average molecular weight is 251 g/mol. The van der Waals surface area contributed by atoms with Crippen LogP contribution >= 0.6 is 0 Å². The van der Waals surface area contributed by atoms with Crippen LogP contribution in [0.1, 0.15) is 52.4 Å². The molecule has 0 atom stereocenters. The van der Waals surface area contributed by atoms with E-state index in [0.29, 0.717) is 11.5 Å². The maximum Gasteiger partial charge on any atom is 0.0624 e. The molecule has 1 N–H and O–H groups in total. The maximum atomic E-state index is 4.52. The van der Waals surface area contributed by atoms with Crippen molar-refractivity contribution in [3.05, 3.63) is 17.5 Å². The SMILES string of the molecule is CCc1cc(CC(C)(C)CCNC(C)C)n(C)n1. The highest BCUT2D eigenvalue weighted by Crippen LogP contribution is 2.25. The lowest BCUT2D eigenvalue weighted by Crippen LogP contribution is -2.29. The third kappa shape index (κ3) is 4.81. The minimum absolute atomic E-state index is 0.320. The quantitative estimate of drug-likeness (QED) is 0.807. The van der Waals surface area contributed by atoms with Crippen LogP contribution in [-0.4, -0.2) is 22.4 Å². The van der Waals surface area contributed by atoms with Crippen molar-refractivity contribution in [2.75, 3.05) is 6.54 Å². The standard InChI is InChI=1S/C15H29N3/c1-7-13-10-14(18(6)17-13)11-15(4,5)8-9-16-12(2)3/h10,12,16H,7-9,11H2,1-6H3. The zero-order chi connectivity index (χ0) is 13.8. The van der Waals surface area contributed by atoms with Crippen molar-refractivity contribution in [3.8, 4) is 0 Å². The van der Waals surface area contributed by atoms with Gasteiger partial charge in [0.2, 0.25) is 0 Å². The minimum Gasteiger partial charge on any atom is -0.315 e. The summed E-state index contributed by atoms with van der Waals surface area (Å²) in [4.78, 5) is 0. The van der Waals surface area contributed by atoms with Gasteiger partial charge in [-0.3, -0.25) is 4.68 Å². The van der Waals surface area contributed by atoms with Gasteiger partial charge in [0.1, 0.15) is 0 Å². The Morgan fingerprint density at radius 1 is 1.39 bits per heavy atom. The van der Waals surface area contributed by atoms with Crippen LogP contribution in [0, 0.1) is 5.41 Å². The number of aryl methyl sites for hydroxylation is 2. The predicted octanol–water partition coefficient (Wildman–Crippen LogP) is 2.94. The van der Waals surface area contributed by atoms with Gasteiger partial charge in [0.15, 0.2) is 0 Å². The third-order valence-electron chi connectivity index (χ3n) is 3.40. The number of hydrogen-bond donors (Lipinski definition) is 1. The normalized spacial score (nSPS) is 12.4. The van der Waals surface area contributed by atoms with Crippen molar-refractivity contribution < 1.29 is 0 Å². The molecule has 1 aromatic rings. The molecule has 18 heavy (non-hydrogen) atoms. The molecule has 0 saturated carbocycles. The van der Waals surface area contributed by atoms with E-state index in [0.717, 1.165) is 19.4 Å². The fraction of sp³-hybridized carbons (Fsp3) is 0.800. The van der Waals surface area contributed by atoms with E-state index < -0.39 is 0 Å². The molecule has 3 nitrogen and oxygen atoms in total. The highest BCUT2D eigenvalue weighted by Gasteiger charge is 2.20. The van der Waals surface area contributed by atoms with E-state index in [1.54, 1.807) is 0 Å². The largest absolute Gasteiger partial charge is 0.315 e. The number of aromatic nitrogens is 2. The number of rotatable bonds is 7. The zero-order valence-electron chi connectivity index (χ0n) is 12.9. The molecule has 0 aliphatic heterocycles. The summed E-state index contributed by atoms with van der Waals surface area (Å²) in [5, 5.41) is 8.02. The Balaban J connectivity index is 2.55. The van der Waals surface area contributed by atoms with E-state index >= 15 is 0 Å². The summed E-state index contributed by atoms with van der Waals surface area (Å²) in [6.45, 7) is 12.3. The van der Waals surface area contributed by atoms with Gasteiger partial charge >= 0.3 is 0 Å². The van der Waals surface area contributed by atoms with Gasteiger partial charge in [-0.15, -0.1) is 0 Å². The Morgan fingerprint density at radius 2 is 2.06 bits per heavy atom. The number of hydrogen-bond acceptors (Lipinski definition) is 2. The first-order valence-electron chi connectivity index (χ1n) is 7.09. The highest BCUT2D eigenvalue weighted by atomic mass is 15.3. The topological polar surface area (TPSA) is 29.9 Å². The van der Waals surface area contributed by atoms with Crippen LogP contribution in [0.4, 0.5) is 0 Å². The van der Waals surface area contributed by atoms with E-state index in [1.165, 1.54) is 17.8 Å². The second-order valence-corrected chi connectivity index (χ2v) is 6.30. The van der Waals surface area contributed by atoms with Crippen LogP contribution in [0.25, 0.3) is 0 Å². The molecular weight excluding hydrogens is 222 g/mol. The Morgan fingerprint density at radius 3 is 2.56 bits per heavy atom. The summed E-state index contributed by atoms with van der Waals surface area (Å²) in [7, 11) is 2.05. The van der Waals surface area contributed by atoms with E-state index in [2.05, 4.69) is 58.1 Å². The van der Waals surface area contributed by atoms with Gasteiger partial charge in [0.05, 0.1) is 5.69 Å². The van der Waals surface area contributed by atoms with Crippen molar-refractivity contribution in [2.45, 2.75) is 59.9 Å². The van der Waals surface area contributed by atoms with Gasteiger partial charge in [-0.1, -0.05) is 34.6 Å². The molecule has 0 bridgehead atoms. The third-order valence-corrected chi connectivity index (χ3v) is 3.40. The van der Waals surface area contributed by atoms with Crippen LogP contribution in [0.3, 0.4) is 0 Å². The van der Waals surface area contributed by atoms with E-state index in [9.17, 15) is 0 Å². The molecule has 0 saturated heterocycles. The molecule has 104 valence electrons. The maximum absolute atomic E-state index is 4.52. The van der Waals surface area contributed by atoms with Gasteiger partial charge in [-0.05, 0) is 37.3 Å². The van der Waals surface area contributed by atoms with Crippen LogP contribution < -0.4 is 5.32 Å². The molecule has 0 radical (unpaired) electrons. The van der Waals surface area contributed by atoms with Crippen molar-refractivity contribution >= 4 is 0 Å². The van der Waals surface area contributed by atoms with Crippen molar-refractivity contribution in [2.24, 2.45) is 12.5 Å². The molecule has 3 heteroatoms. The fourth-order valence-electron chi connectivity index (χ4n) is 2.19. The van der Waals surface area contributed by atoms with Crippen molar-refractivity contribution in [1.29, 1.82) is 0 Å². The van der Waals surface area contributed by atoms with E-state index in [4.69, 9.17) is 0 Å². The summed E-state index contributed by atoms with van der Waals surface area (Å²) in [6.07, 6.45) is 3.30.